The van der Waals surface area contributed by atoms with E-state index in [1.165, 1.54) is 6.08 Å². The van der Waals surface area contributed by atoms with E-state index in [0.29, 0.717) is 11.4 Å². The maximum Gasteiger partial charge on any atom is 0.328 e. The first-order valence-electron chi connectivity index (χ1n) is 5.66. The van der Waals surface area contributed by atoms with Crippen molar-refractivity contribution >= 4 is 23.1 Å². The van der Waals surface area contributed by atoms with Gasteiger partial charge >= 0.3 is 5.97 Å². The van der Waals surface area contributed by atoms with Gasteiger partial charge < -0.3 is 5.11 Å². The molecule has 0 aliphatic carbocycles. The summed E-state index contributed by atoms with van der Waals surface area (Å²) in [4.78, 5) is 10.8. The number of carboxylic acid groups (broad SMARTS) is 1. The van der Waals surface area contributed by atoms with Crippen LogP contribution in [0.2, 0.25) is 5.02 Å². The molecule has 0 heterocycles. The van der Waals surface area contributed by atoms with Crippen LogP contribution in [0, 0.1) is 13.8 Å². The van der Waals surface area contributed by atoms with Gasteiger partial charge in [-0.1, -0.05) is 31.0 Å². The average molecular weight is 253 g/mol. The lowest BCUT2D eigenvalue weighted by Gasteiger charge is -2.11. The van der Waals surface area contributed by atoms with Crippen molar-refractivity contribution in [1.82, 2.24) is 0 Å². The number of allylic oxidation sites excluding steroid dienone is 1. The Labute approximate surface area is 107 Å². The summed E-state index contributed by atoms with van der Waals surface area (Å²) in [5.74, 6) is -0.928. The third-order valence-electron chi connectivity index (χ3n) is 2.75. The number of hydrogen-bond acceptors (Lipinski definition) is 1. The largest absolute Gasteiger partial charge is 0.478 e. The summed E-state index contributed by atoms with van der Waals surface area (Å²) < 4.78 is 0. The molecule has 0 fully saturated rings. The minimum absolute atomic E-state index is 0.619. The van der Waals surface area contributed by atoms with Crippen LogP contribution in [0.4, 0.5) is 0 Å². The zero-order valence-electron chi connectivity index (χ0n) is 10.4. The summed E-state index contributed by atoms with van der Waals surface area (Å²) in [6, 6.07) is 3.85. The van der Waals surface area contributed by atoms with Crippen LogP contribution in [0.3, 0.4) is 0 Å². The topological polar surface area (TPSA) is 37.3 Å². The second kappa shape index (κ2) is 5.87. The summed E-state index contributed by atoms with van der Waals surface area (Å²) in [5.41, 5.74) is 3.86. The molecule has 2 nitrogen and oxygen atoms in total. The Balaban J connectivity index is 3.28. The quantitative estimate of drug-likeness (QED) is 0.815. The Bertz CT molecular complexity index is 462. The van der Waals surface area contributed by atoms with Gasteiger partial charge in [-0.3, -0.25) is 0 Å². The lowest BCUT2D eigenvalue weighted by atomic mass is 9.97. The van der Waals surface area contributed by atoms with Crippen LogP contribution in [0.25, 0.3) is 5.57 Å². The standard InChI is InChI=1S/C14H17ClO2/c1-4-5-11(8-14(16)17)12-6-9(2)10(3)7-13(12)15/h6-8H,4-5H2,1-3H3,(H,16,17)/b11-8+. The lowest BCUT2D eigenvalue weighted by molar-refractivity contribution is -0.131. The van der Waals surface area contributed by atoms with E-state index in [1.807, 2.05) is 32.9 Å². The molecule has 1 aromatic carbocycles. The Morgan fingerprint density at radius 2 is 1.94 bits per heavy atom. The summed E-state index contributed by atoms with van der Waals surface area (Å²) >= 11 is 6.18. The minimum Gasteiger partial charge on any atom is -0.478 e. The molecule has 0 aliphatic rings. The molecule has 1 rings (SSSR count). The molecule has 0 aliphatic heterocycles. The molecule has 0 saturated carbocycles. The Hall–Kier alpha value is -1.28. The molecule has 1 N–H and O–H groups in total. The summed E-state index contributed by atoms with van der Waals surface area (Å²) in [6.45, 7) is 6.01. The highest BCUT2D eigenvalue weighted by Crippen LogP contribution is 2.29. The molecule has 0 unspecified atom stereocenters. The van der Waals surface area contributed by atoms with E-state index < -0.39 is 5.97 Å². The van der Waals surface area contributed by atoms with Gasteiger partial charge in [0.15, 0.2) is 0 Å². The second-order valence-corrected chi connectivity index (χ2v) is 4.58. The van der Waals surface area contributed by atoms with Gasteiger partial charge in [0.05, 0.1) is 0 Å². The van der Waals surface area contributed by atoms with E-state index in [4.69, 9.17) is 16.7 Å². The van der Waals surface area contributed by atoms with Crippen LogP contribution in [-0.2, 0) is 4.79 Å². The van der Waals surface area contributed by atoms with Crippen molar-refractivity contribution in [3.8, 4) is 0 Å². The second-order valence-electron chi connectivity index (χ2n) is 4.17. The number of carbonyl (C=O) groups is 1. The minimum atomic E-state index is -0.928. The molecule has 0 atom stereocenters. The van der Waals surface area contributed by atoms with Crippen molar-refractivity contribution in [3.05, 3.63) is 39.9 Å². The normalized spacial score (nSPS) is 11.6. The number of aryl methyl sites for hydroxylation is 2. The first kappa shape index (κ1) is 13.8. The van der Waals surface area contributed by atoms with Crippen LogP contribution in [0.5, 0.6) is 0 Å². The number of rotatable bonds is 4. The van der Waals surface area contributed by atoms with Gasteiger partial charge in [0, 0.05) is 11.1 Å². The maximum absolute atomic E-state index is 10.8. The van der Waals surface area contributed by atoms with Crippen molar-refractivity contribution in [2.45, 2.75) is 33.6 Å². The number of carboxylic acids is 1. The zero-order valence-corrected chi connectivity index (χ0v) is 11.1. The summed E-state index contributed by atoms with van der Waals surface area (Å²) in [6.07, 6.45) is 2.86. The van der Waals surface area contributed by atoms with Crippen molar-refractivity contribution in [2.75, 3.05) is 0 Å². The number of benzene rings is 1. The predicted octanol–water partition coefficient (Wildman–Crippen LogP) is 4.22. The smallest absolute Gasteiger partial charge is 0.328 e. The van der Waals surface area contributed by atoms with E-state index >= 15 is 0 Å². The SMILES string of the molecule is CCC/C(=C\C(=O)O)c1cc(C)c(C)cc1Cl. The Morgan fingerprint density at radius 1 is 1.35 bits per heavy atom. The van der Waals surface area contributed by atoms with Gasteiger partial charge in [-0.2, -0.15) is 0 Å². The molecule has 92 valence electrons. The van der Waals surface area contributed by atoms with Crippen molar-refractivity contribution < 1.29 is 9.90 Å². The number of hydrogen-bond donors (Lipinski definition) is 1. The Morgan fingerprint density at radius 3 is 2.47 bits per heavy atom. The number of halogens is 1. The van der Waals surface area contributed by atoms with Crippen LogP contribution in [-0.4, -0.2) is 11.1 Å². The molecule has 0 radical (unpaired) electrons. The predicted molar refractivity (Wildman–Crippen MR) is 71.4 cm³/mol. The molecule has 3 heteroatoms. The highest BCUT2D eigenvalue weighted by molar-refractivity contribution is 6.32. The fraction of sp³-hybridized carbons (Fsp3) is 0.357. The van der Waals surface area contributed by atoms with Crippen LogP contribution in [0.15, 0.2) is 18.2 Å². The molecule has 1 aromatic rings. The monoisotopic (exact) mass is 252 g/mol. The zero-order chi connectivity index (χ0) is 13.0. The van der Waals surface area contributed by atoms with Gasteiger partial charge in [-0.05, 0) is 48.6 Å². The average Bonchev–Trinajstić information content (AvgIpc) is 2.22. The molecule has 0 amide bonds. The third kappa shape index (κ3) is 3.60. The lowest BCUT2D eigenvalue weighted by Crippen LogP contribution is -1.95. The van der Waals surface area contributed by atoms with Crippen LogP contribution in [0.1, 0.15) is 36.5 Å². The maximum atomic E-state index is 10.8. The first-order valence-corrected chi connectivity index (χ1v) is 6.04. The van der Waals surface area contributed by atoms with Crippen LogP contribution >= 0.6 is 11.6 Å². The van der Waals surface area contributed by atoms with Gasteiger partial charge in [0.2, 0.25) is 0 Å². The summed E-state index contributed by atoms with van der Waals surface area (Å²) in [5, 5.41) is 9.49. The van der Waals surface area contributed by atoms with Crippen molar-refractivity contribution in [3.63, 3.8) is 0 Å². The fourth-order valence-corrected chi connectivity index (χ4v) is 2.07. The van der Waals surface area contributed by atoms with Crippen molar-refractivity contribution in [1.29, 1.82) is 0 Å². The highest BCUT2D eigenvalue weighted by Gasteiger charge is 2.09. The molecule has 0 bridgehead atoms. The van der Waals surface area contributed by atoms with E-state index in [9.17, 15) is 4.79 Å². The summed E-state index contributed by atoms with van der Waals surface area (Å²) in [7, 11) is 0. The Kier molecular flexibility index (Phi) is 4.76. The van der Waals surface area contributed by atoms with E-state index in [1.54, 1.807) is 0 Å². The first-order chi connectivity index (χ1) is 7.95. The highest BCUT2D eigenvalue weighted by atomic mass is 35.5. The third-order valence-corrected chi connectivity index (χ3v) is 3.06. The van der Waals surface area contributed by atoms with Crippen molar-refractivity contribution in [2.24, 2.45) is 0 Å². The van der Waals surface area contributed by atoms with E-state index in [2.05, 4.69) is 0 Å². The number of aliphatic carboxylic acids is 1. The van der Waals surface area contributed by atoms with Gasteiger partial charge in [0.1, 0.15) is 0 Å². The van der Waals surface area contributed by atoms with Gasteiger partial charge in [0.25, 0.3) is 0 Å². The molecular weight excluding hydrogens is 236 g/mol. The van der Waals surface area contributed by atoms with Gasteiger partial charge in [-0.25, -0.2) is 4.79 Å². The van der Waals surface area contributed by atoms with Crippen LogP contribution < -0.4 is 0 Å². The molecule has 17 heavy (non-hydrogen) atoms. The molecular formula is C14H17ClO2. The molecule has 0 aromatic heterocycles. The molecule has 0 spiro atoms. The fourth-order valence-electron chi connectivity index (χ4n) is 1.73. The van der Waals surface area contributed by atoms with E-state index in [0.717, 1.165) is 28.7 Å². The molecule has 0 saturated heterocycles. The van der Waals surface area contributed by atoms with Gasteiger partial charge in [-0.15, -0.1) is 0 Å². The van der Waals surface area contributed by atoms with E-state index in [-0.39, 0.29) is 0 Å².